The van der Waals surface area contributed by atoms with Crippen molar-refractivity contribution in [1.29, 1.82) is 0 Å². The first-order valence-electron chi connectivity index (χ1n) is 8.07. The Bertz CT molecular complexity index is 290. The summed E-state index contributed by atoms with van der Waals surface area (Å²) in [6.45, 7) is 7.40. The first-order valence-corrected chi connectivity index (χ1v) is 9.31. The summed E-state index contributed by atoms with van der Waals surface area (Å²) in [5.41, 5.74) is 0. The first kappa shape index (κ1) is 20.5. The zero-order valence-electron chi connectivity index (χ0n) is 13.6. The maximum Gasteiger partial charge on any atom is 0.110 e. The summed E-state index contributed by atoms with van der Waals surface area (Å²) in [6.07, 6.45) is -2.64. The SMILES string of the molecule is CC(C)CNC(O)C1CCC(C(O)NC[C@@H](C)I)C(O)C1O. The van der Waals surface area contributed by atoms with E-state index in [2.05, 4.69) is 33.2 Å². The van der Waals surface area contributed by atoms with Crippen molar-refractivity contribution >= 4 is 22.6 Å². The summed E-state index contributed by atoms with van der Waals surface area (Å²) in [6, 6.07) is 0. The molecule has 0 aromatic heterocycles. The molecule has 0 radical (unpaired) electrons. The van der Waals surface area contributed by atoms with Gasteiger partial charge in [-0.2, -0.15) is 0 Å². The fourth-order valence-corrected chi connectivity index (χ4v) is 3.12. The average Bonchev–Trinajstić information content (AvgIpc) is 2.44. The summed E-state index contributed by atoms with van der Waals surface area (Å²) in [5, 5.41) is 46.8. The third-order valence-electron chi connectivity index (χ3n) is 4.22. The van der Waals surface area contributed by atoms with Crippen molar-refractivity contribution in [3.05, 3.63) is 0 Å². The summed E-state index contributed by atoms with van der Waals surface area (Å²) in [7, 11) is 0. The van der Waals surface area contributed by atoms with Gasteiger partial charge in [-0.25, -0.2) is 0 Å². The number of hydrogen-bond donors (Lipinski definition) is 6. The van der Waals surface area contributed by atoms with Crippen molar-refractivity contribution < 1.29 is 20.4 Å². The third kappa shape index (κ3) is 6.18. The van der Waals surface area contributed by atoms with E-state index < -0.39 is 36.5 Å². The summed E-state index contributed by atoms with van der Waals surface area (Å²) in [4.78, 5) is 0. The molecule has 6 nitrogen and oxygen atoms in total. The molecule has 0 aromatic carbocycles. The van der Waals surface area contributed by atoms with E-state index in [4.69, 9.17) is 0 Å². The lowest BCUT2D eigenvalue weighted by Gasteiger charge is -2.41. The molecule has 0 heterocycles. The molecule has 1 saturated carbocycles. The molecule has 1 fully saturated rings. The van der Waals surface area contributed by atoms with E-state index in [0.717, 1.165) is 0 Å². The van der Waals surface area contributed by atoms with Crippen molar-refractivity contribution in [1.82, 2.24) is 10.6 Å². The molecular formula is C15H31IN2O4. The van der Waals surface area contributed by atoms with Gasteiger partial charge in [-0.1, -0.05) is 43.4 Å². The average molecular weight is 430 g/mol. The Morgan fingerprint density at radius 3 is 1.68 bits per heavy atom. The van der Waals surface area contributed by atoms with E-state index in [0.29, 0.717) is 35.8 Å². The second-order valence-electron chi connectivity index (χ2n) is 6.77. The van der Waals surface area contributed by atoms with Crippen LogP contribution in [0.5, 0.6) is 0 Å². The lowest BCUT2D eigenvalue weighted by atomic mass is 9.76. The molecule has 0 amide bonds. The van der Waals surface area contributed by atoms with E-state index in [9.17, 15) is 20.4 Å². The highest BCUT2D eigenvalue weighted by atomic mass is 127. The van der Waals surface area contributed by atoms with Gasteiger partial charge in [0.1, 0.15) is 12.5 Å². The number of hydrogen-bond acceptors (Lipinski definition) is 6. The highest BCUT2D eigenvalue weighted by molar-refractivity contribution is 14.1. The van der Waals surface area contributed by atoms with Gasteiger partial charge in [-0.05, 0) is 25.3 Å². The van der Waals surface area contributed by atoms with Crippen LogP contribution in [0, 0.1) is 17.8 Å². The smallest absolute Gasteiger partial charge is 0.110 e. The molecule has 0 spiro atoms. The maximum absolute atomic E-state index is 10.3. The second kappa shape index (κ2) is 9.71. The molecular weight excluding hydrogens is 399 g/mol. The monoisotopic (exact) mass is 430 g/mol. The third-order valence-corrected chi connectivity index (χ3v) is 4.66. The Kier molecular flexibility index (Phi) is 9.06. The molecule has 1 rings (SSSR count). The van der Waals surface area contributed by atoms with E-state index in [1.165, 1.54) is 0 Å². The van der Waals surface area contributed by atoms with Crippen LogP contribution in [0.2, 0.25) is 0 Å². The first-order chi connectivity index (χ1) is 10.2. The quantitative estimate of drug-likeness (QED) is 0.185. The Morgan fingerprint density at radius 2 is 1.32 bits per heavy atom. The maximum atomic E-state index is 10.3. The van der Waals surface area contributed by atoms with Gasteiger partial charge in [0.05, 0.1) is 12.2 Å². The van der Waals surface area contributed by atoms with Crippen molar-refractivity contribution in [3.63, 3.8) is 0 Å². The predicted octanol–water partition coefficient (Wildman–Crippen LogP) is 0.0299. The standard InChI is InChI=1S/C15H31IN2O4/c1-8(2)6-17-14(21)10-4-5-11(13(20)12(10)19)15(22)18-7-9(3)16/h8-15,17-22H,4-7H2,1-3H3/t9-,10?,11?,12?,13?,14?,15?/m1/s1. The lowest BCUT2D eigenvalue weighted by Crippen LogP contribution is -2.56. The Morgan fingerprint density at radius 1 is 0.909 bits per heavy atom. The van der Waals surface area contributed by atoms with Crippen LogP contribution in [-0.2, 0) is 0 Å². The molecule has 0 aromatic rings. The molecule has 7 heteroatoms. The normalized spacial score (nSPS) is 33.7. The second-order valence-corrected chi connectivity index (χ2v) is 8.89. The molecule has 7 atom stereocenters. The van der Waals surface area contributed by atoms with Gasteiger partial charge >= 0.3 is 0 Å². The van der Waals surface area contributed by atoms with Gasteiger partial charge in [-0.3, -0.25) is 10.6 Å². The predicted molar refractivity (Wildman–Crippen MR) is 94.6 cm³/mol. The topological polar surface area (TPSA) is 105 Å². The van der Waals surface area contributed by atoms with Gasteiger partial charge < -0.3 is 20.4 Å². The number of rotatable bonds is 8. The van der Waals surface area contributed by atoms with Crippen LogP contribution in [0.15, 0.2) is 0 Å². The minimum absolute atomic E-state index is 0.368. The van der Waals surface area contributed by atoms with Crippen molar-refractivity contribution in [2.45, 2.75) is 62.2 Å². The summed E-state index contributed by atoms with van der Waals surface area (Å²) in [5.74, 6) is -0.436. The molecule has 0 saturated heterocycles. The largest absolute Gasteiger partial charge is 0.390 e. The fourth-order valence-electron chi connectivity index (χ4n) is 2.86. The molecule has 132 valence electrons. The Balaban J connectivity index is 2.53. The van der Waals surface area contributed by atoms with Crippen LogP contribution < -0.4 is 10.6 Å². The molecule has 6 N–H and O–H groups in total. The Hall–Kier alpha value is 0.490. The minimum atomic E-state index is -1.04. The molecule has 6 unspecified atom stereocenters. The zero-order chi connectivity index (χ0) is 16.9. The molecule has 1 aliphatic rings. The highest BCUT2D eigenvalue weighted by Crippen LogP contribution is 2.32. The number of alkyl halides is 1. The number of nitrogens with one attached hydrogen (secondary N) is 2. The van der Waals surface area contributed by atoms with Crippen LogP contribution in [0.1, 0.15) is 33.6 Å². The van der Waals surface area contributed by atoms with E-state index in [1.54, 1.807) is 0 Å². The molecule has 0 aliphatic heterocycles. The summed E-state index contributed by atoms with van der Waals surface area (Å²) >= 11 is 2.26. The molecule has 22 heavy (non-hydrogen) atoms. The van der Waals surface area contributed by atoms with Crippen molar-refractivity contribution in [2.75, 3.05) is 13.1 Å². The highest BCUT2D eigenvalue weighted by Gasteiger charge is 2.43. The van der Waals surface area contributed by atoms with Gasteiger partial charge in [0.2, 0.25) is 0 Å². The van der Waals surface area contributed by atoms with Crippen molar-refractivity contribution in [3.8, 4) is 0 Å². The van der Waals surface area contributed by atoms with Gasteiger partial charge in [-0.15, -0.1) is 0 Å². The Labute approximate surface area is 146 Å². The van der Waals surface area contributed by atoms with Crippen molar-refractivity contribution in [2.24, 2.45) is 17.8 Å². The van der Waals surface area contributed by atoms with Gasteiger partial charge in [0.15, 0.2) is 0 Å². The number of aliphatic hydroxyl groups is 4. The van der Waals surface area contributed by atoms with Crippen LogP contribution in [0.3, 0.4) is 0 Å². The van der Waals surface area contributed by atoms with Crippen LogP contribution in [0.4, 0.5) is 0 Å². The minimum Gasteiger partial charge on any atom is -0.390 e. The summed E-state index contributed by atoms with van der Waals surface area (Å²) < 4.78 is 0.368. The number of aliphatic hydroxyl groups excluding tert-OH is 4. The van der Waals surface area contributed by atoms with Crippen LogP contribution >= 0.6 is 22.6 Å². The lowest BCUT2D eigenvalue weighted by molar-refractivity contribution is -0.139. The van der Waals surface area contributed by atoms with Gasteiger partial charge in [0.25, 0.3) is 0 Å². The van der Waals surface area contributed by atoms with Crippen LogP contribution in [0.25, 0.3) is 0 Å². The molecule has 1 aliphatic carbocycles. The van der Waals surface area contributed by atoms with E-state index >= 15 is 0 Å². The zero-order valence-corrected chi connectivity index (χ0v) is 15.8. The molecule has 0 bridgehead atoms. The number of halogens is 1. The van der Waals surface area contributed by atoms with Crippen LogP contribution in [-0.4, -0.2) is 62.1 Å². The fraction of sp³-hybridized carbons (Fsp3) is 1.00. The van der Waals surface area contributed by atoms with E-state index in [1.807, 2.05) is 20.8 Å². The van der Waals surface area contributed by atoms with E-state index in [-0.39, 0.29) is 0 Å². The van der Waals surface area contributed by atoms with Gasteiger partial charge in [0, 0.05) is 22.3 Å².